The highest BCUT2D eigenvalue weighted by Crippen LogP contribution is 2.26. The molecule has 0 spiro atoms. The molecular weight excluding hydrogens is 319 g/mol. The summed E-state index contributed by atoms with van der Waals surface area (Å²) in [6.07, 6.45) is 1.10. The number of para-hydroxylation sites is 1. The van der Waals surface area contributed by atoms with E-state index in [-0.39, 0.29) is 5.82 Å². The molecule has 2 N–H and O–H groups in total. The molecule has 2 nitrogen and oxygen atoms in total. The predicted molar refractivity (Wildman–Crippen MR) is 83.3 cm³/mol. The first-order chi connectivity index (χ1) is 9.74. The molecule has 0 radical (unpaired) electrons. The lowest BCUT2D eigenvalue weighted by molar-refractivity contribution is 0.619. The summed E-state index contributed by atoms with van der Waals surface area (Å²) in [4.78, 5) is 0. The summed E-state index contributed by atoms with van der Waals surface area (Å²) in [6, 6.07) is 11.2. The molecule has 1 heterocycles. The van der Waals surface area contributed by atoms with E-state index in [0.717, 1.165) is 29.5 Å². The molecule has 0 amide bonds. The summed E-state index contributed by atoms with van der Waals surface area (Å²) in [5.74, 6) is -0.202. The summed E-state index contributed by atoms with van der Waals surface area (Å²) in [5, 5.41) is 6.81. The van der Waals surface area contributed by atoms with Crippen LogP contribution in [0.1, 0.15) is 16.7 Å². The van der Waals surface area contributed by atoms with Crippen LogP contribution in [0.3, 0.4) is 0 Å². The Morgan fingerprint density at radius 3 is 2.90 bits per heavy atom. The quantitative estimate of drug-likeness (QED) is 0.887. The van der Waals surface area contributed by atoms with Gasteiger partial charge in [0.2, 0.25) is 0 Å². The largest absolute Gasteiger partial charge is 0.384 e. The topological polar surface area (TPSA) is 24.1 Å². The minimum Gasteiger partial charge on any atom is -0.384 e. The van der Waals surface area contributed by atoms with Gasteiger partial charge in [-0.2, -0.15) is 0 Å². The van der Waals surface area contributed by atoms with Crippen molar-refractivity contribution in [2.75, 3.05) is 11.9 Å². The van der Waals surface area contributed by atoms with E-state index < -0.39 is 0 Å². The van der Waals surface area contributed by atoms with Crippen molar-refractivity contribution in [3.63, 3.8) is 0 Å². The Balaban J connectivity index is 1.66. The molecule has 20 heavy (non-hydrogen) atoms. The Morgan fingerprint density at radius 2 is 2.00 bits per heavy atom. The monoisotopic (exact) mass is 334 g/mol. The van der Waals surface area contributed by atoms with Crippen molar-refractivity contribution < 1.29 is 4.39 Å². The molecule has 0 aromatic heterocycles. The molecular formula is C16H16BrFN2. The molecule has 0 saturated carbocycles. The number of hydrogen-bond donors (Lipinski definition) is 2. The van der Waals surface area contributed by atoms with Crippen LogP contribution in [0.2, 0.25) is 0 Å². The molecule has 0 fully saturated rings. The number of benzene rings is 2. The molecule has 0 saturated heterocycles. The number of anilines is 1. The van der Waals surface area contributed by atoms with Gasteiger partial charge in [-0.05, 0) is 41.3 Å². The normalized spacial score (nSPS) is 13.1. The second kappa shape index (κ2) is 5.94. The number of rotatable bonds is 4. The van der Waals surface area contributed by atoms with Crippen LogP contribution in [0.15, 0.2) is 40.9 Å². The van der Waals surface area contributed by atoms with Gasteiger partial charge in [0, 0.05) is 29.8 Å². The van der Waals surface area contributed by atoms with E-state index in [0.29, 0.717) is 6.54 Å². The zero-order chi connectivity index (χ0) is 13.9. The third kappa shape index (κ3) is 2.86. The summed E-state index contributed by atoms with van der Waals surface area (Å²) in [5.41, 5.74) is 4.85. The Hall–Kier alpha value is -1.39. The van der Waals surface area contributed by atoms with Gasteiger partial charge in [-0.3, -0.25) is 0 Å². The average molecular weight is 335 g/mol. The summed E-state index contributed by atoms with van der Waals surface area (Å²) < 4.78 is 14.2. The first-order valence-electron chi connectivity index (χ1n) is 6.73. The molecule has 0 unspecified atom stereocenters. The van der Waals surface area contributed by atoms with E-state index in [1.54, 1.807) is 12.1 Å². The number of nitrogens with one attached hydrogen (secondary N) is 2. The van der Waals surface area contributed by atoms with Gasteiger partial charge >= 0.3 is 0 Å². The van der Waals surface area contributed by atoms with Crippen molar-refractivity contribution in [1.29, 1.82) is 0 Å². The molecule has 1 aliphatic heterocycles. The van der Waals surface area contributed by atoms with E-state index in [1.165, 1.54) is 22.9 Å². The van der Waals surface area contributed by atoms with Crippen molar-refractivity contribution in [1.82, 2.24) is 5.32 Å². The van der Waals surface area contributed by atoms with E-state index in [2.05, 4.69) is 44.8 Å². The van der Waals surface area contributed by atoms with Crippen LogP contribution in [0, 0.1) is 5.82 Å². The predicted octanol–water partition coefficient (Wildman–Crippen LogP) is 3.85. The lowest BCUT2D eigenvalue weighted by Crippen LogP contribution is -2.14. The molecule has 104 valence electrons. The molecule has 0 aliphatic carbocycles. The van der Waals surface area contributed by atoms with Gasteiger partial charge in [-0.1, -0.05) is 34.1 Å². The second-order valence-electron chi connectivity index (χ2n) is 4.97. The molecule has 2 aromatic carbocycles. The smallest absolute Gasteiger partial charge is 0.123 e. The van der Waals surface area contributed by atoms with Gasteiger partial charge in [0.15, 0.2) is 0 Å². The number of halogens is 2. The fraction of sp³-hybridized carbons (Fsp3) is 0.250. The van der Waals surface area contributed by atoms with E-state index >= 15 is 0 Å². The molecule has 0 atom stereocenters. The highest BCUT2D eigenvalue weighted by molar-refractivity contribution is 9.10. The first kappa shape index (κ1) is 13.6. The second-order valence-corrected chi connectivity index (χ2v) is 5.82. The lowest BCUT2D eigenvalue weighted by atomic mass is 10.1. The third-order valence-corrected chi connectivity index (χ3v) is 4.35. The SMILES string of the molecule is Fc1ccc(Br)c(CNCc2cccc3c2NCC3)c1. The Labute approximate surface area is 126 Å². The molecule has 1 aliphatic rings. The number of hydrogen-bond acceptors (Lipinski definition) is 2. The maximum absolute atomic E-state index is 13.2. The minimum atomic E-state index is -0.202. The van der Waals surface area contributed by atoms with E-state index in [1.807, 2.05) is 0 Å². The van der Waals surface area contributed by atoms with Crippen LogP contribution in [0.25, 0.3) is 0 Å². The van der Waals surface area contributed by atoms with Gasteiger partial charge in [0.1, 0.15) is 5.82 Å². The lowest BCUT2D eigenvalue weighted by Gasteiger charge is -2.11. The molecule has 0 bridgehead atoms. The molecule has 2 aromatic rings. The van der Waals surface area contributed by atoms with Crippen LogP contribution < -0.4 is 10.6 Å². The first-order valence-corrected chi connectivity index (χ1v) is 7.52. The van der Waals surface area contributed by atoms with Crippen LogP contribution >= 0.6 is 15.9 Å². The zero-order valence-corrected chi connectivity index (χ0v) is 12.6. The fourth-order valence-electron chi connectivity index (χ4n) is 2.57. The summed E-state index contributed by atoms with van der Waals surface area (Å²) in [6.45, 7) is 2.43. The van der Waals surface area contributed by atoms with Crippen LogP contribution in [-0.4, -0.2) is 6.54 Å². The third-order valence-electron chi connectivity index (χ3n) is 3.57. The Bertz CT molecular complexity index is 628. The highest BCUT2D eigenvalue weighted by Gasteiger charge is 2.13. The van der Waals surface area contributed by atoms with Gasteiger partial charge in [-0.15, -0.1) is 0 Å². The average Bonchev–Trinajstić information content (AvgIpc) is 2.92. The number of fused-ring (bicyclic) bond motifs is 1. The standard InChI is InChI=1S/C16H16BrFN2/c17-15-5-4-14(18)8-13(15)10-19-9-12-3-1-2-11-6-7-20-16(11)12/h1-5,8,19-20H,6-7,9-10H2. The molecule has 4 heteroatoms. The van der Waals surface area contributed by atoms with Crippen LogP contribution in [0.5, 0.6) is 0 Å². The van der Waals surface area contributed by atoms with Gasteiger partial charge in [0.05, 0.1) is 0 Å². The van der Waals surface area contributed by atoms with Crippen molar-refractivity contribution in [2.24, 2.45) is 0 Å². The van der Waals surface area contributed by atoms with Gasteiger partial charge in [0.25, 0.3) is 0 Å². The van der Waals surface area contributed by atoms with Crippen molar-refractivity contribution in [3.8, 4) is 0 Å². The van der Waals surface area contributed by atoms with Crippen molar-refractivity contribution >= 4 is 21.6 Å². The fourth-order valence-corrected chi connectivity index (χ4v) is 2.96. The maximum Gasteiger partial charge on any atom is 0.123 e. The van der Waals surface area contributed by atoms with E-state index in [9.17, 15) is 4.39 Å². The Morgan fingerprint density at radius 1 is 1.15 bits per heavy atom. The van der Waals surface area contributed by atoms with Crippen molar-refractivity contribution in [2.45, 2.75) is 19.5 Å². The van der Waals surface area contributed by atoms with Crippen LogP contribution in [-0.2, 0) is 19.5 Å². The van der Waals surface area contributed by atoms with Crippen LogP contribution in [0.4, 0.5) is 10.1 Å². The summed E-state index contributed by atoms with van der Waals surface area (Å²) in [7, 11) is 0. The maximum atomic E-state index is 13.2. The Kier molecular flexibility index (Phi) is 4.03. The summed E-state index contributed by atoms with van der Waals surface area (Å²) >= 11 is 3.45. The van der Waals surface area contributed by atoms with E-state index in [4.69, 9.17) is 0 Å². The highest BCUT2D eigenvalue weighted by atomic mass is 79.9. The van der Waals surface area contributed by atoms with Gasteiger partial charge in [-0.25, -0.2) is 4.39 Å². The minimum absolute atomic E-state index is 0.202. The van der Waals surface area contributed by atoms with Gasteiger partial charge < -0.3 is 10.6 Å². The zero-order valence-electron chi connectivity index (χ0n) is 11.0. The van der Waals surface area contributed by atoms with Crippen molar-refractivity contribution in [3.05, 3.63) is 63.4 Å². The molecule has 3 rings (SSSR count).